The topological polar surface area (TPSA) is 93.7 Å². The molecule has 0 atom stereocenters. The minimum atomic E-state index is -4.69. The summed E-state index contributed by atoms with van der Waals surface area (Å²) in [6.07, 6.45) is -3.99. The van der Waals surface area contributed by atoms with Gasteiger partial charge >= 0.3 is 6.18 Å². The number of sulfonamides is 1. The number of amides is 1. The number of benzene rings is 2. The highest BCUT2D eigenvalue weighted by atomic mass is 35.5. The number of carbonyl (C=O) groups excluding carboxylic acids is 1. The summed E-state index contributed by atoms with van der Waals surface area (Å²) in [5, 5.41) is 2.82. The van der Waals surface area contributed by atoms with Crippen molar-refractivity contribution >= 4 is 27.5 Å². The Kier molecular flexibility index (Phi) is 6.97. The van der Waals surface area contributed by atoms with Crippen molar-refractivity contribution in [3.8, 4) is 11.5 Å². The summed E-state index contributed by atoms with van der Waals surface area (Å²) in [5.74, 6) is 0.182. The van der Waals surface area contributed by atoms with Crippen LogP contribution in [0.3, 0.4) is 0 Å². The molecule has 0 bridgehead atoms. The van der Waals surface area contributed by atoms with Crippen LogP contribution in [0.4, 0.5) is 13.2 Å². The quantitative estimate of drug-likeness (QED) is 0.665. The predicted octanol–water partition coefficient (Wildman–Crippen LogP) is 3.11. The molecular weight excluding hydrogens is 461 g/mol. The third-order valence-electron chi connectivity index (χ3n) is 4.25. The highest BCUT2D eigenvalue weighted by Gasteiger charge is 2.31. The average Bonchev–Trinajstić information content (AvgIpc) is 2.96. The lowest BCUT2D eigenvalue weighted by Crippen LogP contribution is -2.36. The molecule has 0 spiro atoms. The fourth-order valence-electron chi connectivity index (χ4n) is 2.73. The smallest absolute Gasteiger partial charge is 0.416 e. The number of hydrogen-bond donors (Lipinski definition) is 2. The zero-order valence-electron chi connectivity index (χ0n) is 16.0. The first kappa shape index (κ1) is 23.2. The Labute approximate surface area is 181 Å². The van der Waals surface area contributed by atoms with Gasteiger partial charge in [0.1, 0.15) is 0 Å². The Morgan fingerprint density at radius 2 is 1.87 bits per heavy atom. The van der Waals surface area contributed by atoms with Gasteiger partial charge < -0.3 is 14.8 Å². The van der Waals surface area contributed by atoms with Crippen LogP contribution < -0.4 is 19.5 Å². The van der Waals surface area contributed by atoms with Crippen LogP contribution >= 0.6 is 11.6 Å². The lowest BCUT2D eigenvalue weighted by Gasteiger charge is -2.13. The number of ether oxygens (including phenoxy) is 2. The Hall–Kier alpha value is -2.50. The van der Waals surface area contributed by atoms with Crippen LogP contribution in [-0.4, -0.2) is 34.1 Å². The first-order chi connectivity index (χ1) is 14.6. The van der Waals surface area contributed by atoms with Crippen molar-refractivity contribution in [3.63, 3.8) is 0 Å². The van der Waals surface area contributed by atoms with Crippen molar-refractivity contribution in [2.45, 2.75) is 24.0 Å². The maximum absolute atomic E-state index is 12.8. The molecule has 0 aliphatic carbocycles. The molecule has 0 fully saturated rings. The van der Waals surface area contributed by atoms with Crippen LogP contribution in [0.1, 0.15) is 17.5 Å². The van der Waals surface area contributed by atoms with Crippen molar-refractivity contribution in [2.24, 2.45) is 0 Å². The summed E-state index contributed by atoms with van der Waals surface area (Å²) in [6, 6.07) is 6.48. The van der Waals surface area contributed by atoms with Crippen molar-refractivity contribution in [1.82, 2.24) is 10.0 Å². The van der Waals surface area contributed by atoms with Crippen LogP contribution in [0.5, 0.6) is 11.5 Å². The predicted molar refractivity (Wildman–Crippen MR) is 106 cm³/mol. The zero-order valence-corrected chi connectivity index (χ0v) is 17.5. The molecule has 7 nitrogen and oxygen atoms in total. The van der Waals surface area contributed by atoms with E-state index in [4.69, 9.17) is 21.1 Å². The van der Waals surface area contributed by atoms with Crippen molar-refractivity contribution in [1.29, 1.82) is 0 Å². The summed E-state index contributed by atoms with van der Waals surface area (Å²) in [4.78, 5) is 11.4. The highest BCUT2D eigenvalue weighted by Crippen LogP contribution is 2.38. The number of halogens is 4. The maximum Gasteiger partial charge on any atom is 0.416 e. The van der Waals surface area contributed by atoms with Crippen molar-refractivity contribution < 1.29 is 35.9 Å². The van der Waals surface area contributed by atoms with Gasteiger partial charge in [0.15, 0.2) is 11.5 Å². The standard InChI is InChI=1S/C19H18ClF3N2O5S/c20-15-7-12(8-16-18(15)30-6-2-5-29-16)10-24-17(26)11-25-31(27,28)14-4-1-3-13(9-14)19(21,22)23/h1,3-4,7-9,25H,2,5-6,10-11H2,(H,24,26). The SMILES string of the molecule is O=C(CNS(=O)(=O)c1cccc(C(F)(F)F)c1)NCc1cc(Cl)c2c(c1)OCCCO2. The Bertz CT molecular complexity index is 1080. The number of carbonyl (C=O) groups is 1. The normalized spacial score (nSPS) is 14.1. The minimum Gasteiger partial charge on any atom is -0.489 e. The van der Waals surface area contributed by atoms with Gasteiger partial charge in [-0.25, -0.2) is 13.1 Å². The van der Waals surface area contributed by atoms with E-state index in [9.17, 15) is 26.4 Å². The third-order valence-corrected chi connectivity index (χ3v) is 5.93. The largest absolute Gasteiger partial charge is 0.489 e. The summed E-state index contributed by atoms with van der Waals surface area (Å²) in [6.45, 7) is 0.294. The fourth-order valence-corrected chi connectivity index (χ4v) is 4.05. The lowest BCUT2D eigenvalue weighted by atomic mass is 10.2. The van der Waals surface area contributed by atoms with Gasteiger partial charge in [0.25, 0.3) is 0 Å². The molecule has 0 radical (unpaired) electrons. The lowest BCUT2D eigenvalue weighted by molar-refractivity contribution is -0.137. The molecule has 2 aromatic carbocycles. The molecule has 12 heteroatoms. The van der Waals surface area contributed by atoms with E-state index in [2.05, 4.69) is 5.32 Å². The Balaban J connectivity index is 1.59. The van der Waals surface area contributed by atoms with E-state index < -0.39 is 39.1 Å². The Morgan fingerprint density at radius 3 is 2.61 bits per heavy atom. The monoisotopic (exact) mass is 478 g/mol. The van der Waals surface area contributed by atoms with Crippen LogP contribution in [0.15, 0.2) is 41.3 Å². The first-order valence-electron chi connectivity index (χ1n) is 9.08. The molecule has 0 saturated heterocycles. The van der Waals surface area contributed by atoms with Crippen molar-refractivity contribution in [3.05, 3.63) is 52.5 Å². The summed E-state index contributed by atoms with van der Waals surface area (Å²) >= 11 is 6.18. The van der Waals surface area contributed by atoms with Gasteiger partial charge in [-0.2, -0.15) is 13.2 Å². The first-order valence-corrected chi connectivity index (χ1v) is 10.9. The minimum absolute atomic E-state index is 0.0283. The summed E-state index contributed by atoms with van der Waals surface area (Å²) in [7, 11) is -4.31. The summed E-state index contributed by atoms with van der Waals surface area (Å²) in [5.41, 5.74) is -0.505. The molecule has 1 heterocycles. The zero-order chi connectivity index (χ0) is 22.6. The molecule has 0 saturated carbocycles. The van der Waals surface area contributed by atoms with Crippen LogP contribution in [0.2, 0.25) is 5.02 Å². The number of hydrogen-bond acceptors (Lipinski definition) is 5. The van der Waals surface area contributed by atoms with E-state index in [1.807, 2.05) is 4.72 Å². The second kappa shape index (κ2) is 9.33. The van der Waals surface area contributed by atoms with E-state index in [-0.39, 0.29) is 6.54 Å². The molecule has 1 aliphatic heterocycles. The molecule has 3 rings (SSSR count). The van der Waals surface area contributed by atoms with E-state index >= 15 is 0 Å². The highest BCUT2D eigenvalue weighted by molar-refractivity contribution is 7.89. The van der Waals surface area contributed by atoms with E-state index in [0.29, 0.717) is 47.8 Å². The van der Waals surface area contributed by atoms with Gasteiger partial charge in [-0.1, -0.05) is 17.7 Å². The summed E-state index contributed by atoms with van der Waals surface area (Å²) < 4.78 is 75.8. The molecule has 168 valence electrons. The van der Waals surface area contributed by atoms with E-state index in [1.165, 1.54) is 0 Å². The second-order valence-electron chi connectivity index (χ2n) is 6.58. The molecule has 31 heavy (non-hydrogen) atoms. The average molecular weight is 479 g/mol. The van der Waals surface area contributed by atoms with Gasteiger partial charge in [-0.3, -0.25) is 4.79 Å². The van der Waals surface area contributed by atoms with Gasteiger partial charge in [0, 0.05) is 13.0 Å². The molecule has 1 amide bonds. The van der Waals surface area contributed by atoms with Crippen LogP contribution in [-0.2, 0) is 27.5 Å². The number of fused-ring (bicyclic) bond motifs is 1. The van der Waals surface area contributed by atoms with E-state index in [1.54, 1.807) is 12.1 Å². The van der Waals surface area contributed by atoms with Gasteiger partial charge in [-0.15, -0.1) is 0 Å². The van der Waals surface area contributed by atoms with Crippen LogP contribution in [0.25, 0.3) is 0 Å². The van der Waals surface area contributed by atoms with Gasteiger partial charge in [0.2, 0.25) is 15.9 Å². The fraction of sp³-hybridized carbons (Fsp3) is 0.316. The molecule has 0 unspecified atom stereocenters. The third kappa shape index (κ3) is 6.02. The van der Waals surface area contributed by atoms with Gasteiger partial charge in [-0.05, 0) is 35.9 Å². The molecule has 2 aromatic rings. The molecular formula is C19H18ClF3N2O5S. The molecule has 0 aromatic heterocycles. The number of alkyl halides is 3. The van der Waals surface area contributed by atoms with Crippen LogP contribution in [0, 0.1) is 0 Å². The number of nitrogens with one attached hydrogen (secondary N) is 2. The molecule has 1 aliphatic rings. The molecule has 2 N–H and O–H groups in total. The number of rotatable bonds is 6. The van der Waals surface area contributed by atoms with Gasteiger partial charge in [0.05, 0.1) is 35.2 Å². The van der Waals surface area contributed by atoms with Crippen molar-refractivity contribution in [2.75, 3.05) is 19.8 Å². The second-order valence-corrected chi connectivity index (χ2v) is 8.76. The maximum atomic E-state index is 12.8. The van der Waals surface area contributed by atoms with E-state index in [0.717, 1.165) is 18.2 Å². The Morgan fingerprint density at radius 1 is 1.13 bits per heavy atom.